The van der Waals surface area contributed by atoms with Crippen molar-refractivity contribution in [1.82, 2.24) is 10.2 Å². The maximum absolute atomic E-state index is 12.5. The van der Waals surface area contributed by atoms with E-state index in [0.717, 1.165) is 28.9 Å². The zero-order valence-electron chi connectivity index (χ0n) is 14.8. The lowest BCUT2D eigenvalue weighted by Crippen LogP contribution is -2.43. The fourth-order valence-electron chi connectivity index (χ4n) is 3.07. The zero-order valence-corrected chi connectivity index (χ0v) is 16.4. The molecule has 26 heavy (non-hydrogen) atoms. The highest BCUT2D eigenvalue weighted by molar-refractivity contribution is 9.10. The van der Waals surface area contributed by atoms with Gasteiger partial charge in [-0.2, -0.15) is 0 Å². The Labute approximate surface area is 162 Å². The molecule has 5 nitrogen and oxygen atoms in total. The number of morpholine rings is 1. The summed E-state index contributed by atoms with van der Waals surface area (Å²) < 4.78 is 11.7. The molecule has 0 aliphatic carbocycles. The normalized spacial score (nSPS) is 16.1. The maximum atomic E-state index is 12.5. The smallest absolute Gasteiger partial charge is 0.251 e. The Bertz CT molecular complexity index is 713. The monoisotopic (exact) mass is 418 g/mol. The van der Waals surface area contributed by atoms with Gasteiger partial charge in [0.25, 0.3) is 5.91 Å². The molecule has 1 fully saturated rings. The lowest BCUT2D eigenvalue weighted by atomic mass is 10.0. The predicted octanol–water partition coefficient (Wildman–Crippen LogP) is 3.26. The van der Waals surface area contributed by atoms with Gasteiger partial charge in [0.15, 0.2) is 0 Å². The number of halogens is 1. The molecular formula is C20H23BrN2O3. The fourth-order valence-corrected chi connectivity index (χ4v) is 3.33. The molecule has 0 aromatic heterocycles. The third-order valence-electron chi connectivity index (χ3n) is 4.55. The van der Waals surface area contributed by atoms with Crippen molar-refractivity contribution in [3.8, 4) is 5.75 Å². The Hall–Kier alpha value is -1.89. The second-order valence-corrected chi connectivity index (χ2v) is 7.07. The highest BCUT2D eigenvalue weighted by atomic mass is 79.9. The lowest BCUT2D eigenvalue weighted by Gasteiger charge is -2.35. The summed E-state index contributed by atoms with van der Waals surface area (Å²) in [5.74, 6) is 0.762. The molecule has 0 saturated carbocycles. The van der Waals surface area contributed by atoms with Crippen molar-refractivity contribution in [3.05, 3.63) is 64.1 Å². The van der Waals surface area contributed by atoms with Crippen molar-refractivity contribution in [2.24, 2.45) is 0 Å². The molecule has 2 aromatic carbocycles. The number of amides is 1. The van der Waals surface area contributed by atoms with Gasteiger partial charge >= 0.3 is 0 Å². The fraction of sp³-hybridized carbons (Fsp3) is 0.350. The van der Waals surface area contributed by atoms with Gasteiger partial charge in [-0.3, -0.25) is 9.69 Å². The van der Waals surface area contributed by atoms with E-state index in [-0.39, 0.29) is 11.9 Å². The van der Waals surface area contributed by atoms with E-state index in [1.54, 1.807) is 7.11 Å². The number of nitrogens with one attached hydrogen (secondary N) is 1. The van der Waals surface area contributed by atoms with Gasteiger partial charge in [-0.1, -0.05) is 28.1 Å². The second-order valence-electron chi connectivity index (χ2n) is 6.15. The van der Waals surface area contributed by atoms with E-state index in [1.807, 2.05) is 36.4 Å². The van der Waals surface area contributed by atoms with Gasteiger partial charge in [-0.15, -0.1) is 0 Å². The van der Waals surface area contributed by atoms with Crippen molar-refractivity contribution in [1.29, 1.82) is 0 Å². The molecule has 0 bridgehead atoms. The van der Waals surface area contributed by atoms with E-state index in [9.17, 15) is 4.79 Å². The third-order valence-corrected chi connectivity index (χ3v) is 5.08. The van der Waals surface area contributed by atoms with E-state index in [0.29, 0.717) is 25.3 Å². The van der Waals surface area contributed by atoms with Gasteiger partial charge < -0.3 is 14.8 Å². The van der Waals surface area contributed by atoms with E-state index >= 15 is 0 Å². The first-order valence-corrected chi connectivity index (χ1v) is 9.46. The van der Waals surface area contributed by atoms with Crippen LogP contribution in [0.1, 0.15) is 22.0 Å². The van der Waals surface area contributed by atoms with Gasteiger partial charge in [0.1, 0.15) is 5.75 Å². The Morgan fingerprint density at radius 1 is 1.15 bits per heavy atom. The molecular weight excluding hydrogens is 396 g/mol. The molecule has 1 amide bonds. The number of methoxy groups -OCH3 is 1. The number of hydrogen-bond acceptors (Lipinski definition) is 4. The first-order valence-electron chi connectivity index (χ1n) is 8.67. The van der Waals surface area contributed by atoms with Gasteiger partial charge in [-0.25, -0.2) is 0 Å². The van der Waals surface area contributed by atoms with Crippen LogP contribution in [-0.4, -0.2) is 50.8 Å². The van der Waals surface area contributed by atoms with E-state index < -0.39 is 0 Å². The summed E-state index contributed by atoms with van der Waals surface area (Å²) in [6.45, 7) is 3.68. The first-order chi connectivity index (χ1) is 12.7. The van der Waals surface area contributed by atoms with Gasteiger partial charge in [-0.05, 0) is 42.0 Å². The summed E-state index contributed by atoms with van der Waals surface area (Å²) in [7, 11) is 1.66. The van der Waals surface area contributed by atoms with E-state index in [1.165, 1.54) is 0 Å². The number of ether oxygens (including phenoxy) is 2. The Balaban J connectivity index is 1.72. The van der Waals surface area contributed by atoms with Crippen LogP contribution >= 0.6 is 15.9 Å². The highest BCUT2D eigenvalue weighted by Crippen LogP contribution is 2.24. The summed E-state index contributed by atoms with van der Waals surface area (Å²) in [4.78, 5) is 14.8. The summed E-state index contributed by atoms with van der Waals surface area (Å²) in [5, 5.41) is 3.07. The minimum absolute atomic E-state index is 0.0655. The van der Waals surface area contributed by atoms with Crippen LogP contribution in [0.2, 0.25) is 0 Å². The number of hydrogen-bond donors (Lipinski definition) is 1. The topological polar surface area (TPSA) is 50.8 Å². The molecule has 1 saturated heterocycles. The molecule has 0 radical (unpaired) electrons. The number of benzene rings is 2. The second kappa shape index (κ2) is 9.16. The summed E-state index contributed by atoms with van der Waals surface area (Å²) in [5.41, 5.74) is 1.81. The summed E-state index contributed by atoms with van der Waals surface area (Å²) in [6, 6.07) is 15.5. The van der Waals surface area contributed by atoms with Crippen LogP contribution in [0.3, 0.4) is 0 Å². The van der Waals surface area contributed by atoms with Gasteiger partial charge in [0.05, 0.1) is 26.4 Å². The Kier molecular flexibility index (Phi) is 6.66. The summed E-state index contributed by atoms with van der Waals surface area (Å²) >= 11 is 3.39. The van der Waals surface area contributed by atoms with Crippen molar-refractivity contribution in [3.63, 3.8) is 0 Å². The van der Waals surface area contributed by atoms with Crippen LogP contribution in [0, 0.1) is 0 Å². The Morgan fingerprint density at radius 3 is 2.42 bits per heavy atom. The van der Waals surface area contributed by atoms with Crippen molar-refractivity contribution >= 4 is 21.8 Å². The SMILES string of the molecule is COc1ccc([C@@H](CNC(=O)c2ccc(Br)cc2)N2CCOCC2)cc1. The van der Waals surface area contributed by atoms with Crippen LogP contribution in [0.4, 0.5) is 0 Å². The molecule has 1 N–H and O–H groups in total. The molecule has 0 spiro atoms. The Morgan fingerprint density at radius 2 is 1.81 bits per heavy atom. The average Bonchev–Trinajstić information content (AvgIpc) is 2.70. The van der Waals surface area contributed by atoms with Crippen LogP contribution in [0.5, 0.6) is 5.75 Å². The minimum atomic E-state index is -0.0655. The predicted molar refractivity (Wildman–Crippen MR) is 105 cm³/mol. The molecule has 138 valence electrons. The van der Waals surface area contributed by atoms with Crippen molar-refractivity contribution in [2.45, 2.75) is 6.04 Å². The number of carbonyl (C=O) groups is 1. The maximum Gasteiger partial charge on any atom is 0.251 e. The molecule has 3 rings (SSSR count). The summed E-state index contributed by atoms with van der Waals surface area (Å²) in [6.07, 6.45) is 0. The first kappa shape index (κ1) is 18.9. The van der Waals surface area contributed by atoms with Crippen LogP contribution < -0.4 is 10.1 Å². The van der Waals surface area contributed by atoms with Gasteiger partial charge in [0, 0.05) is 29.7 Å². The molecule has 1 aliphatic heterocycles. The standard InChI is InChI=1S/C20H23BrN2O3/c1-25-18-8-4-15(5-9-18)19(23-10-12-26-13-11-23)14-22-20(24)16-2-6-17(21)7-3-16/h2-9,19H,10-14H2,1H3,(H,22,24)/t19-/m1/s1. The zero-order chi connectivity index (χ0) is 18.4. The number of rotatable bonds is 6. The highest BCUT2D eigenvalue weighted by Gasteiger charge is 2.23. The van der Waals surface area contributed by atoms with Crippen LogP contribution in [0.15, 0.2) is 53.0 Å². The number of nitrogens with zero attached hydrogens (tertiary/aromatic N) is 1. The molecule has 0 unspecified atom stereocenters. The average molecular weight is 419 g/mol. The third kappa shape index (κ3) is 4.84. The van der Waals surface area contributed by atoms with Crippen molar-refractivity contribution in [2.75, 3.05) is 40.0 Å². The van der Waals surface area contributed by atoms with Crippen molar-refractivity contribution < 1.29 is 14.3 Å². The van der Waals surface area contributed by atoms with E-state index in [4.69, 9.17) is 9.47 Å². The molecule has 2 aromatic rings. The van der Waals surface area contributed by atoms with E-state index in [2.05, 4.69) is 38.3 Å². The largest absolute Gasteiger partial charge is 0.497 e. The molecule has 1 atom stereocenters. The quantitative estimate of drug-likeness (QED) is 0.781. The molecule has 6 heteroatoms. The number of carbonyl (C=O) groups excluding carboxylic acids is 1. The van der Waals surface area contributed by atoms with Crippen LogP contribution in [0.25, 0.3) is 0 Å². The molecule has 1 heterocycles. The minimum Gasteiger partial charge on any atom is -0.497 e. The lowest BCUT2D eigenvalue weighted by molar-refractivity contribution is 0.0162. The van der Waals surface area contributed by atoms with Gasteiger partial charge in [0.2, 0.25) is 0 Å². The van der Waals surface area contributed by atoms with Crippen LogP contribution in [-0.2, 0) is 4.74 Å². The molecule has 1 aliphatic rings.